The molecule has 1 aromatic heterocycles. The minimum absolute atomic E-state index is 0.0487. The first-order valence-electron chi connectivity index (χ1n) is 4.73. The lowest BCUT2D eigenvalue weighted by atomic mass is 10.2. The third-order valence-electron chi connectivity index (χ3n) is 2.67. The van der Waals surface area contributed by atoms with E-state index in [0.29, 0.717) is 11.3 Å². The zero-order valence-electron chi connectivity index (χ0n) is 9.27. The maximum atomic E-state index is 12.9. The van der Waals surface area contributed by atoms with Gasteiger partial charge in [0, 0.05) is 5.69 Å². The predicted octanol–water partition coefficient (Wildman–Crippen LogP) is 2.46. The van der Waals surface area contributed by atoms with Crippen molar-refractivity contribution in [1.82, 2.24) is 4.57 Å². The van der Waals surface area contributed by atoms with Gasteiger partial charge in [-0.15, -0.1) is 0 Å². The van der Waals surface area contributed by atoms with E-state index in [1.54, 1.807) is 6.07 Å². The van der Waals surface area contributed by atoms with Gasteiger partial charge >= 0.3 is 12.3 Å². The van der Waals surface area contributed by atoms with Crippen LogP contribution in [0.25, 0.3) is 0 Å². The maximum absolute atomic E-state index is 12.9. The molecular weight excluding hydrogens is 238 g/mol. The first-order chi connectivity index (χ1) is 7.72. The second kappa shape index (κ2) is 4.28. The Hall–Kier alpha value is -1.71. The molecule has 1 aromatic rings. The Morgan fingerprint density at radius 3 is 2.29 bits per heavy atom. The molecule has 0 aliphatic heterocycles. The highest BCUT2D eigenvalue weighted by molar-refractivity contribution is 5.57. The van der Waals surface area contributed by atoms with Gasteiger partial charge in [0.1, 0.15) is 11.9 Å². The summed E-state index contributed by atoms with van der Waals surface area (Å²) in [5.41, 5.74) is 6.25. The van der Waals surface area contributed by atoms with Gasteiger partial charge in [-0.1, -0.05) is 0 Å². The molecule has 0 aliphatic carbocycles. The summed E-state index contributed by atoms with van der Waals surface area (Å²) in [4.78, 5) is 0. The van der Waals surface area contributed by atoms with Crippen LogP contribution in [0.1, 0.15) is 16.8 Å². The summed E-state index contributed by atoms with van der Waals surface area (Å²) in [5.74, 6) is -4.38. The van der Waals surface area contributed by atoms with Crippen molar-refractivity contribution in [2.45, 2.75) is 32.7 Å². The Balaban J connectivity index is 3.22. The number of alkyl halides is 4. The van der Waals surface area contributed by atoms with Gasteiger partial charge in [0.2, 0.25) is 0 Å². The minimum Gasteiger partial charge on any atom is -0.384 e. The number of hydrogen-bond donors (Lipinski definition) is 1. The monoisotopic (exact) mass is 249 g/mol. The summed E-state index contributed by atoms with van der Waals surface area (Å²) in [6.45, 7) is 1.75. The van der Waals surface area contributed by atoms with Gasteiger partial charge in [0.15, 0.2) is 0 Å². The molecule has 17 heavy (non-hydrogen) atoms. The van der Waals surface area contributed by atoms with Gasteiger partial charge in [-0.3, -0.25) is 0 Å². The van der Waals surface area contributed by atoms with Crippen molar-refractivity contribution < 1.29 is 17.6 Å². The number of nitrogens with zero attached hydrogens (tertiary/aromatic N) is 2. The lowest BCUT2D eigenvalue weighted by Gasteiger charge is -2.18. The molecule has 3 nitrogen and oxygen atoms in total. The van der Waals surface area contributed by atoms with Crippen LogP contribution in [0, 0.1) is 25.2 Å². The summed E-state index contributed by atoms with van der Waals surface area (Å²) >= 11 is 0. The Kier molecular flexibility index (Phi) is 3.36. The summed E-state index contributed by atoms with van der Waals surface area (Å²) in [6, 6.07) is 1.76. The molecule has 2 N–H and O–H groups in total. The molecule has 0 radical (unpaired) electrons. The van der Waals surface area contributed by atoms with Crippen LogP contribution in [-0.4, -0.2) is 16.9 Å². The number of nitrogen functional groups attached to an aromatic ring is 1. The number of nitriles is 1. The van der Waals surface area contributed by atoms with Crippen molar-refractivity contribution in [3.63, 3.8) is 0 Å². The molecule has 0 saturated heterocycles. The van der Waals surface area contributed by atoms with E-state index in [-0.39, 0.29) is 11.4 Å². The molecule has 0 aliphatic rings. The highest BCUT2D eigenvalue weighted by Gasteiger charge is 2.42. The zero-order valence-corrected chi connectivity index (χ0v) is 9.27. The molecular formula is C10H11F4N3. The largest absolute Gasteiger partial charge is 0.384 e. The number of rotatable bonds is 3. The summed E-state index contributed by atoms with van der Waals surface area (Å²) in [7, 11) is 0. The molecule has 0 unspecified atom stereocenters. The molecule has 1 rings (SSSR count). The first-order valence-corrected chi connectivity index (χ1v) is 4.73. The van der Waals surface area contributed by atoms with Crippen LogP contribution in [-0.2, 0) is 6.54 Å². The van der Waals surface area contributed by atoms with Crippen LogP contribution in [0.5, 0.6) is 0 Å². The molecule has 1 heterocycles. The van der Waals surface area contributed by atoms with Crippen molar-refractivity contribution in [3.8, 4) is 6.07 Å². The zero-order chi connectivity index (χ0) is 13.4. The van der Waals surface area contributed by atoms with Crippen LogP contribution in [0.2, 0.25) is 0 Å². The second-order valence-corrected chi connectivity index (χ2v) is 3.73. The fraction of sp³-hybridized carbons (Fsp3) is 0.500. The van der Waals surface area contributed by atoms with Crippen LogP contribution < -0.4 is 5.73 Å². The van der Waals surface area contributed by atoms with Gasteiger partial charge in [-0.05, 0) is 19.4 Å². The summed E-state index contributed by atoms with van der Waals surface area (Å²) < 4.78 is 50.9. The first kappa shape index (κ1) is 13.4. The van der Waals surface area contributed by atoms with Gasteiger partial charge < -0.3 is 10.3 Å². The summed E-state index contributed by atoms with van der Waals surface area (Å²) in [6.07, 6.45) is -3.77. The molecule has 0 fully saturated rings. The average molecular weight is 249 g/mol. The van der Waals surface area contributed by atoms with E-state index in [4.69, 9.17) is 11.0 Å². The van der Waals surface area contributed by atoms with Crippen molar-refractivity contribution in [2.75, 3.05) is 5.73 Å². The van der Waals surface area contributed by atoms with E-state index in [9.17, 15) is 17.6 Å². The van der Waals surface area contributed by atoms with Gasteiger partial charge in [-0.25, -0.2) is 8.78 Å². The van der Waals surface area contributed by atoms with Crippen molar-refractivity contribution in [1.29, 1.82) is 5.26 Å². The van der Waals surface area contributed by atoms with Gasteiger partial charge in [-0.2, -0.15) is 14.0 Å². The highest BCUT2D eigenvalue weighted by atomic mass is 19.3. The molecule has 0 aromatic carbocycles. The lowest BCUT2D eigenvalue weighted by Crippen LogP contribution is -2.32. The molecule has 0 spiro atoms. The van der Waals surface area contributed by atoms with Crippen LogP contribution >= 0.6 is 0 Å². The molecule has 7 heteroatoms. The van der Waals surface area contributed by atoms with E-state index in [0.717, 1.165) is 4.57 Å². The topological polar surface area (TPSA) is 54.7 Å². The lowest BCUT2D eigenvalue weighted by molar-refractivity contribution is -0.137. The van der Waals surface area contributed by atoms with Crippen molar-refractivity contribution in [3.05, 3.63) is 16.8 Å². The number of aromatic nitrogens is 1. The standard InChI is InChI=1S/C10H11F4N3/c1-5-6(2)17(8(16)7(5)3-15)4-10(13,14)9(11)12/h9H,4,16H2,1-2H3. The Labute approximate surface area is 95.4 Å². The Morgan fingerprint density at radius 1 is 1.41 bits per heavy atom. The quantitative estimate of drug-likeness (QED) is 0.836. The van der Waals surface area contributed by atoms with Crippen molar-refractivity contribution in [2.24, 2.45) is 0 Å². The fourth-order valence-electron chi connectivity index (χ4n) is 1.52. The van der Waals surface area contributed by atoms with E-state index in [2.05, 4.69) is 0 Å². The second-order valence-electron chi connectivity index (χ2n) is 3.73. The average Bonchev–Trinajstić information content (AvgIpc) is 2.42. The Morgan fingerprint density at radius 2 is 1.94 bits per heavy atom. The third kappa shape index (κ3) is 2.20. The Bertz CT molecular complexity index is 471. The van der Waals surface area contributed by atoms with E-state index >= 15 is 0 Å². The minimum atomic E-state index is -4.17. The van der Waals surface area contributed by atoms with Crippen molar-refractivity contribution >= 4 is 5.82 Å². The third-order valence-corrected chi connectivity index (χ3v) is 2.67. The molecule has 0 bridgehead atoms. The predicted molar refractivity (Wildman–Crippen MR) is 54.0 cm³/mol. The van der Waals surface area contributed by atoms with Gasteiger partial charge in [0.25, 0.3) is 0 Å². The number of hydrogen-bond acceptors (Lipinski definition) is 2. The molecule has 0 atom stereocenters. The number of anilines is 1. The normalized spacial score (nSPS) is 11.9. The van der Waals surface area contributed by atoms with E-state index in [1.807, 2.05) is 0 Å². The SMILES string of the molecule is Cc1c(C#N)c(N)n(CC(F)(F)C(F)F)c1C. The van der Waals surface area contributed by atoms with E-state index < -0.39 is 18.9 Å². The van der Waals surface area contributed by atoms with Gasteiger partial charge in [0.05, 0.1) is 12.1 Å². The molecule has 0 saturated carbocycles. The molecule has 94 valence electrons. The number of nitrogens with two attached hydrogens (primary N) is 1. The van der Waals surface area contributed by atoms with Crippen LogP contribution in [0.3, 0.4) is 0 Å². The maximum Gasteiger partial charge on any atom is 0.324 e. The van der Waals surface area contributed by atoms with Crippen LogP contribution in [0.4, 0.5) is 23.4 Å². The summed E-state index contributed by atoms with van der Waals surface area (Å²) in [5, 5.41) is 8.77. The molecule has 0 amide bonds. The highest BCUT2D eigenvalue weighted by Crippen LogP contribution is 2.30. The van der Waals surface area contributed by atoms with Crippen LogP contribution in [0.15, 0.2) is 0 Å². The van der Waals surface area contributed by atoms with E-state index in [1.165, 1.54) is 13.8 Å². The fourth-order valence-corrected chi connectivity index (χ4v) is 1.52. The number of halogens is 4. The smallest absolute Gasteiger partial charge is 0.324 e.